The van der Waals surface area contributed by atoms with Crippen LogP contribution in [0.15, 0.2) is 36.7 Å². The van der Waals surface area contributed by atoms with Crippen molar-refractivity contribution in [2.24, 2.45) is 0 Å². The number of rotatable bonds is 9. The van der Waals surface area contributed by atoms with Crippen LogP contribution in [0.2, 0.25) is 0 Å². The van der Waals surface area contributed by atoms with Crippen LogP contribution in [0.5, 0.6) is 11.8 Å². The summed E-state index contributed by atoms with van der Waals surface area (Å²) in [6.07, 6.45) is 2.01. The molecule has 0 aromatic carbocycles. The minimum absolute atomic E-state index is 0.175. The number of pyridine rings is 2. The SMILES string of the molecule is CCOC(=O)C(=O)c1ccc(OC)nc1.CCOC(=O)C(NC(=O)OC(C)(C)C)c1ccc(OC)nc1. The van der Waals surface area contributed by atoms with E-state index in [1.54, 1.807) is 46.8 Å². The van der Waals surface area contributed by atoms with Gasteiger partial charge in [-0.3, -0.25) is 4.79 Å². The lowest BCUT2D eigenvalue weighted by Gasteiger charge is -2.23. The minimum atomic E-state index is -0.992. The fourth-order valence-electron chi connectivity index (χ4n) is 2.56. The summed E-state index contributed by atoms with van der Waals surface area (Å²) in [7, 11) is 2.96. The smallest absolute Gasteiger partial charge is 0.408 e. The summed E-state index contributed by atoms with van der Waals surface area (Å²) in [6.45, 7) is 8.91. The zero-order valence-electron chi connectivity index (χ0n) is 22.0. The molecule has 1 N–H and O–H groups in total. The summed E-state index contributed by atoms with van der Waals surface area (Å²) in [5.74, 6) is -1.36. The maximum absolute atomic E-state index is 12.0. The third kappa shape index (κ3) is 10.9. The number of hydrogen-bond acceptors (Lipinski definition) is 11. The number of ether oxygens (including phenoxy) is 5. The van der Waals surface area contributed by atoms with Gasteiger partial charge in [-0.05, 0) is 46.8 Å². The number of nitrogens with one attached hydrogen (secondary N) is 1. The van der Waals surface area contributed by atoms with Gasteiger partial charge in [0.25, 0.3) is 5.78 Å². The molecule has 12 nitrogen and oxygen atoms in total. The van der Waals surface area contributed by atoms with Gasteiger partial charge in [0, 0.05) is 35.7 Å². The first-order valence-corrected chi connectivity index (χ1v) is 11.3. The van der Waals surface area contributed by atoms with Gasteiger partial charge in [-0.25, -0.2) is 24.4 Å². The van der Waals surface area contributed by atoms with E-state index in [0.717, 1.165) is 0 Å². The number of hydrogen-bond donors (Lipinski definition) is 1. The second-order valence-electron chi connectivity index (χ2n) is 8.10. The van der Waals surface area contributed by atoms with E-state index in [2.05, 4.69) is 20.0 Å². The fourth-order valence-corrected chi connectivity index (χ4v) is 2.56. The molecule has 0 bridgehead atoms. The highest BCUT2D eigenvalue weighted by atomic mass is 16.6. The van der Waals surface area contributed by atoms with Crippen LogP contribution in [0.3, 0.4) is 0 Å². The molecular weight excluding hydrogens is 486 g/mol. The number of amides is 1. The van der Waals surface area contributed by atoms with E-state index in [-0.39, 0.29) is 18.8 Å². The molecule has 12 heteroatoms. The molecule has 2 rings (SSSR count). The Labute approximate surface area is 215 Å². The molecular formula is C25H33N3O9. The van der Waals surface area contributed by atoms with E-state index in [0.29, 0.717) is 17.3 Å². The molecule has 0 aliphatic carbocycles. The topological polar surface area (TPSA) is 152 Å². The van der Waals surface area contributed by atoms with Gasteiger partial charge in [-0.2, -0.15) is 0 Å². The number of methoxy groups -OCH3 is 2. The van der Waals surface area contributed by atoms with E-state index in [1.165, 1.54) is 38.7 Å². The highest BCUT2D eigenvalue weighted by molar-refractivity contribution is 6.40. The van der Waals surface area contributed by atoms with Gasteiger partial charge >= 0.3 is 18.0 Å². The monoisotopic (exact) mass is 519 g/mol. The highest BCUT2D eigenvalue weighted by Gasteiger charge is 2.27. The van der Waals surface area contributed by atoms with Gasteiger partial charge in [0.05, 0.1) is 27.4 Å². The Bertz CT molecular complexity index is 1030. The lowest BCUT2D eigenvalue weighted by Crippen LogP contribution is -2.38. The molecule has 2 aromatic heterocycles. The molecule has 2 heterocycles. The van der Waals surface area contributed by atoms with Crippen molar-refractivity contribution in [3.05, 3.63) is 47.8 Å². The Kier molecular flexibility index (Phi) is 12.5. The molecule has 37 heavy (non-hydrogen) atoms. The molecule has 0 aliphatic heterocycles. The number of alkyl carbamates (subject to hydrolysis) is 1. The van der Waals surface area contributed by atoms with Gasteiger partial charge in [0.1, 0.15) is 5.60 Å². The first-order valence-electron chi connectivity index (χ1n) is 11.3. The quantitative estimate of drug-likeness (QED) is 0.225. The molecule has 0 aliphatic rings. The first kappa shape index (κ1) is 30.8. The Morgan fingerprint density at radius 2 is 1.43 bits per heavy atom. The molecule has 202 valence electrons. The molecule has 0 saturated heterocycles. The Morgan fingerprint density at radius 3 is 1.86 bits per heavy atom. The molecule has 1 unspecified atom stereocenters. The van der Waals surface area contributed by atoms with Crippen molar-refractivity contribution in [3.63, 3.8) is 0 Å². The van der Waals surface area contributed by atoms with Crippen molar-refractivity contribution >= 4 is 23.8 Å². The summed E-state index contributed by atoms with van der Waals surface area (Å²) < 4.78 is 24.5. The van der Waals surface area contributed by atoms with Crippen LogP contribution in [-0.4, -0.2) is 66.8 Å². The molecule has 1 atom stereocenters. The first-order chi connectivity index (χ1) is 17.4. The predicted molar refractivity (Wildman–Crippen MR) is 131 cm³/mol. The number of Topliss-reactive ketones (excluding diaryl/α,β-unsaturated/α-hetero) is 1. The summed E-state index contributed by atoms with van der Waals surface area (Å²) in [5.41, 5.74) is 0.000848. The van der Waals surface area contributed by atoms with Crippen LogP contribution in [0.1, 0.15) is 56.6 Å². The van der Waals surface area contributed by atoms with Crippen LogP contribution in [0, 0.1) is 0 Å². The molecule has 2 aromatic rings. The number of ketones is 1. The third-order valence-electron chi connectivity index (χ3n) is 4.15. The second kappa shape index (κ2) is 15.0. The number of esters is 2. The molecule has 0 radical (unpaired) electrons. The summed E-state index contributed by atoms with van der Waals surface area (Å²) in [5, 5.41) is 2.50. The van der Waals surface area contributed by atoms with Crippen molar-refractivity contribution < 1.29 is 42.9 Å². The Balaban J connectivity index is 0.000000397. The van der Waals surface area contributed by atoms with E-state index in [1.807, 2.05) is 0 Å². The van der Waals surface area contributed by atoms with Gasteiger partial charge in [-0.15, -0.1) is 0 Å². The fraction of sp³-hybridized carbons (Fsp3) is 0.440. The van der Waals surface area contributed by atoms with E-state index < -0.39 is 35.5 Å². The molecule has 0 spiro atoms. The number of nitrogens with zero attached hydrogens (tertiary/aromatic N) is 2. The molecule has 0 fully saturated rings. The van der Waals surface area contributed by atoms with Gasteiger partial charge in [0.2, 0.25) is 11.8 Å². The van der Waals surface area contributed by atoms with Crippen molar-refractivity contribution in [2.75, 3.05) is 27.4 Å². The zero-order chi connectivity index (χ0) is 28.0. The van der Waals surface area contributed by atoms with Crippen LogP contribution in [0.25, 0.3) is 0 Å². The molecule has 1 amide bonds. The Morgan fingerprint density at radius 1 is 0.865 bits per heavy atom. The van der Waals surface area contributed by atoms with E-state index in [4.69, 9.17) is 18.9 Å². The van der Waals surface area contributed by atoms with Gasteiger partial charge < -0.3 is 29.0 Å². The Hall–Kier alpha value is -4.22. The number of carbonyl (C=O) groups is 4. The van der Waals surface area contributed by atoms with Crippen LogP contribution in [0.4, 0.5) is 4.79 Å². The summed E-state index contributed by atoms with van der Waals surface area (Å²) in [6, 6.07) is 5.20. The normalized spacial score (nSPS) is 11.1. The molecule has 0 saturated carbocycles. The minimum Gasteiger partial charge on any atom is -0.481 e. The van der Waals surface area contributed by atoms with Crippen LogP contribution < -0.4 is 14.8 Å². The summed E-state index contributed by atoms with van der Waals surface area (Å²) >= 11 is 0. The standard InChI is InChI=1S/C15H22N2O5.C10H11NO4/c1-6-21-13(18)12(17-14(19)22-15(2,3)4)10-7-8-11(20-5)16-9-10;1-3-15-10(13)9(12)7-4-5-8(14-2)11-6-7/h7-9,12H,6H2,1-5H3,(H,17,19);4-6H,3H2,1-2H3. The number of aromatic nitrogens is 2. The largest absolute Gasteiger partial charge is 0.481 e. The van der Waals surface area contributed by atoms with Crippen molar-refractivity contribution in [3.8, 4) is 11.8 Å². The van der Waals surface area contributed by atoms with Crippen molar-refractivity contribution in [2.45, 2.75) is 46.3 Å². The predicted octanol–water partition coefficient (Wildman–Crippen LogP) is 3.06. The van der Waals surface area contributed by atoms with Crippen LogP contribution in [-0.2, 0) is 23.8 Å². The zero-order valence-corrected chi connectivity index (χ0v) is 22.0. The average molecular weight is 520 g/mol. The third-order valence-corrected chi connectivity index (χ3v) is 4.15. The van der Waals surface area contributed by atoms with E-state index >= 15 is 0 Å². The average Bonchev–Trinajstić information content (AvgIpc) is 2.86. The maximum Gasteiger partial charge on any atom is 0.408 e. The lowest BCUT2D eigenvalue weighted by atomic mass is 10.1. The van der Waals surface area contributed by atoms with Crippen molar-refractivity contribution in [1.29, 1.82) is 0 Å². The van der Waals surface area contributed by atoms with Crippen LogP contribution >= 0.6 is 0 Å². The lowest BCUT2D eigenvalue weighted by molar-refractivity contribution is -0.145. The summed E-state index contributed by atoms with van der Waals surface area (Å²) in [4.78, 5) is 54.2. The number of carbonyl (C=O) groups excluding carboxylic acids is 4. The maximum atomic E-state index is 12.0. The highest BCUT2D eigenvalue weighted by Crippen LogP contribution is 2.18. The van der Waals surface area contributed by atoms with Crippen molar-refractivity contribution in [1.82, 2.24) is 15.3 Å². The van der Waals surface area contributed by atoms with E-state index in [9.17, 15) is 19.2 Å². The van der Waals surface area contributed by atoms with Gasteiger partial charge in [0.15, 0.2) is 6.04 Å². The second-order valence-corrected chi connectivity index (χ2v) is 8.10. The van der Waals surface area contributed by atoms with Gasteiger partial charge in [-0.1, -0.05) is 0 Å².